The Morgan fingerprint density at radius 1 is 1.22 bits per heavy atom. The van der Waals surface area contributed by atoms with Crippen LogP contribution >= 0.6 is 0 Å². The third kappa shape index (κ3) is 4.04. The summed E-state index contributed by atoms with van der Waals surface area (Å²) in [5.74, 6) is 0.473. The smallest absolute Gasteiger partial charge is 0.134 e. The summed E-state index contributed by atoms with van der Waals surface area (Å²) in [5.41, 5.74) is 0. The highest BCUT2D eigenvalue weighted by Gasteiger charge is 2.27. The normalized spacial score (nSPS) is 27.9. The zero-order valence-electron chi connectivity index (χ0n) is 11.9. The largest absolute Gasteiger partial charge is 0.308 e. The topological polar surface area (TPSA) is 26.8 Å². The molecule has 0 bridgehead atoms. The number of piperazine rings is 1. The summed E-state index contributed by atoms with van der Waals surface area (Å²) in [7, 11) is 4.26. The van der Waals surface area contributed by atoms with Crippen LogP contribution in [0.5, 0.6) is 0 Å². The van der Waals surface area contributed by atoms with Crippen molar-refractivity contribution in [3.05, 3.63) is 0 Å². The molecule has 0 amide bonds. The van der Waals surface area contributed by atoms with E-state index in [2.05, 4.69) is 28.8 Å². The van der Waals surface area contributed by atoms with Crippen LogP contribution in [0.2, 0.25) is 0 Å². The van der Waals surface area contributed by atoms with Gasteiger partial charge in [0.15, 0.2) is 0 Å². The summed E-state index contributed by atoms with van der Waals surface area (Å²) in [6.45, 7) is 6.93. The van der Waals surface area contributed by atoms with Crippen LogP contribution in [-0.2, 0) is 4.79 Å². The Morgan fingerprint density at radius 3 is 2.56 bits per heavy atom. The minimum absolute atomic E-state index is 0.473. The molecular weight excluding hydrogens is 226 g/mol. The van der Waals surface area contributed by atoms with Crippen LogP contribution in [0.25, 0.3) is 0 Å². The fourth-order valence-electron chi connectivity index (χ4n) is 3.01. The Balaban J connectivity index is 1.71. The lowest BCUT2D eigenvalue weighted by atomic mass is 9.92. The zero-order chi connectivity index (χ0) is 13.0. The van der Waals surface area contributed by atoms with Gasteiger partial charge in [-0.2, -0.15) is 0 Å². The molecular formula is C14H27N3O. The van der Waals surface area contributed by atoms with Gasteiger partial charge in [-0.05, 0) is 26.9 Å². The maximum Gasteiger partial charge on any atom is 0.134 e. The number of likely N-dealkylation sites (N-methyl/N-ethyl adjacent to an activating group) is 1. The van der Waals surface area contributed by atoms with Crippen LogP contribution < -0.4 is 0 Å². The van der Waals surface area contributed by atoms with E-state index in [-0.39, 0.29) is 0 Å². The molecule has 4 heteroatoms. The minimum Gasteiger partial charge on any atom is -0.308 e. The number of carbonyl (C=O) groups excluding carboxylic acids is 1. The van der Waals surface area contributed by atoms with Gasteiger partial charge < -0.3 is 4.90 Å². The second-order valence-electron chi connectivity index (χ2n) is 5.97. The van der Waals surface area contributed by atoms with E-state index in [0.29, 0.717) is 11.8 Å². The molecule has 0 aromatic rings. The van der Waals surface area contributed by atoms with E-state index in [1.165, 1.54) is 26.1 Å². The van der Waals surface area contributed by atoms with Gasteiger partial charge in [0.1, 0.15) is 5.78 Å². The van der Waals surface area contributed by atoms with Crippen LogP contribution in [0.4, 0.5) is 0 Å². The number of ketones is 1. The van der Waals surface area contributed by atoms with Crippen LogP contribution in [0.1, 0.15) is 25.7 Å². The highest BCUT2D eigenvalue weighted by atomic mass is 16.1. The fraction of sp³-hybridized carbons (Fsp3) is 0.929. The third-order valence-electron chi connectivity index (χ3n) is 4.24. The average molecular weight is 253 g/mol. The van der Waals surface area contributed by atoms with Crippen molar-refractivity contribution in [2.24, 2.45) is 0 Å². The van der Waals surface area contributed by atoms with E-state index in [1.807, 2.05) is 0 Å². The molecule has 1 atom stereocenters. The lowest BCUT2D eigenvalue weighted by Crippen LogP contribution is -2.52. The van der Waals surface area contributed by atoms with Crippen molar-refractivity contribution in [3.63, 3.8) is 0 Å². The molecule has 0 aromatic carbocycles. The maximum atomic E-state index is 11.5. The van der Waals surface area contributed by atoms with Crippen molar-refractivity contribution in [2.45, 2.75) is 31.7 Å². The number of rotatable bonds is 4. The highest BCUT2D eigenvalue weighted by molar-refractivity contribution is 5.79. The quantitative estimate of drug-likeness (QED) is 0.736. The molecule has 1 saturated heterocycles. The monoisotopic (exact) mass is 253 g/mol. The van der Waals surface area contributed by atoms with Gasteiger partial charge >= 0.3 is 0 Å². The van der Waals surface area contributed by atoms with Crippen LogP contribution in [0.3, 0.4) is 0 Å². The first-order valence-corrected chi connectivity index (χ1v) is 7.28. The third-order valence-corrected chi connectivity index (χ3v) is 4.24. The first kappa shape index (κ1) is 14.0. The second kappa shape index (κ2) is 6.64. The molecule has 2 fully saturated rings. The second-order valence-corrected chi connectivity index (χ2v) is 5.97. The molecule has 1 saturated carbocycles. The predicted octanol–water partition coefficient (Wildman–Crippen LogP) is 0.677. The summed E-state index contributed by atoms with van der Waals surface area (Å²) in [5, 5.41) is 0. The number of carbonyl (C=O) groups is 1. The van der Waals surface area contributed by atoms with Crippen molar-refractivity contribution < 1.29 is 4.79 Å². The Kier molecular flexibility index (Phi) is 5.15. The van der Waals surface area contributed by atoms with E-state index in [4.69, 9.17) is 0 Å². The van der Waals surface area contributed by atoms with Crippen LogP contribution in [0.15, 0.2) is 0 Å². The Morgan fingerprint density at radius 2 is 1.94 bits per heavy atom. The SMILES string of the molecule is CN(C)CCN1CCN(C2CCCC(=O)C2)CC1. The average Bonchev–Trinajstić information content (AvgIpc) is 2.37. The van der Waals surface area contributed by atoms with Gasteiger partial charge in [0, 0.05) is 58.2 Å². The number of hydrogen-bond donors (Lipinski definition) is 0. The molecule has 18 heavy (non-hydrogen) atoms. The summed E-state index contributed by atoms with van der Waals surface area (Å²) >= 11 is 0. The van der Waals surface area contributed by atoms with Crippen molar-refractivity contribution >= 4 is 5.78 Å². The molecule has 0 spiro atoms. The van der Waals surface area contributed by atoms with Crippen LogP contribution in [0, 0.1) is 0 Å². The van der Waals surface area contributed by atoms with Gasteiger partial charge in [0.2, 0.25) is 0 Å². The Labute approximate surface area is 111 Å². The molecule has 1 aliphatic heterocycles. The van der Waals surface area contributed by atoms with E-state index in [1.54, 1.807) is 0 Å². The van der Waals surface area contributed by atoms with Crippen molar-refractivity contribution in [2.75, 3.05) is 53.4 Å². The first-order valence-electron chi connectivity index (χ1n) is 7.28. The van der Waals surface area contributed by atoms with Gasteiger partial charge in [0.05, 0.1) is 0 Å². The number of hydrogen-bond acceptors (Lipinski definition) is 4. The van der Waals surface area contributed by atoms with E-state index >= 15 is 0 Å². The summed E-state index contributed by atoms with van der Waals surface area (Å²) < 4.78 is 0. The first-order chi connectivity index (χ1) is 8.65. The maximum absolute atomic E-state index is 11.5. The molecule has 104 valence electrons. The molecule has 2 aliphatic rings. The van der Waals surface area contributed by atoms with E-state index in [9.17, 15) is 4.79 Å². The molecule has 1 unspecified atom stereocenters. The minimum atomic E-state index is 0.473. The molecule has 0 N–H and O–H groups in total. The van der Waals surface area contributed by atoms with Gasteiger partial charge in [-0.25, -0.2) is 0 Å². The van der Waals surface area contributed by atoms with Crippen LogP contribution in [-0.4, -0.2) is 79.9 Å². The summed E-state index contributed by atoms with van der Waals surface area (Å²) in [6, 6.07) is 0.544. The standard InChI is InChI=1S/C14H27N3O/c1-15(2)6-7-16-8-10-17(11-9-16)13-4-3-5-14(18)12-13/h13H,3-12H2,1-2H3. The zero-order valence-corrected chi connectivity index (χ0v) is 11.9. The lowest BCUT2D eigenvalue weighted by molar-refractivity contribution is -0.122. The van der Waals surface area contributed by atoms with E-state index in [0.717, 1.165) is 38.9 Å². The van der Waals surface area contributed by atoms with Crippen molar-refractivity contribution in [3.8, 4) is 0 Å². The summed E-state index contributed by atoms with van der Waals surface area (Å²) in [4.78, 5) is 18.8. The molecule has 0 radical (unpaired) electrons. The van der Waals surface area contributed by atoms with Gasteiger partial charge in [-0.15, -0.1) is 0 Å². The molecule has 1 aliphatic carbocycles. The molecule has 0 aromatic heterocycles. The highest BCUT2D eigenvalue weighted by Crippen LogP contribution is 2.21. The van der Waals surface area contributed by atoms with Crippen molar-refractivity contribution in [1.29, 1.82) is 0 Å². The molecule has 1 heterocycles. The summed E-state index contributed by atoms with van der Waals surface area (Å²) in [6.07, 6.45) is 3.95. The molecule has 2 rings (SSSR count). The van der Waals surface area contributed by atoms with Gasteiger partial charge in [-0.1, -0.05) is 0 Å². The van der Waals surface area contributed by atoms with Crippen molar-refractivity contribution in [1.82, 2.24) is 14.7 Å². The Bertz CT molecular complexity index is 272. The predicted molar refractivity (Wildman–Crippen MR) is 73.8 cm³/mol. The molecule has 4 nitrogen and oxygen atoms in total. The Hall–Kier alpha value is -0.450. The fourth-order valence-corrected chi connectivity index (χ4v) is 3.01. The van der Waals surface area contributed by atoms with Gasteiger partial charge in [-0.3, -0.25) is 14.6 Å². The van der Waals surface area contributed by atoms with Gasteiger partial charge in [0.25, 0.3) is 0 Å². The van der Waals surface area contributed by atoms with E-state index < -0.39 is 0 Å². The number of Topliss-reactive ketones (excluding diaryl/α,β-unsaturated/α-hetero) is 1. The number of nitrogens with zero attached hydrogens (tertiary/aromatic N) is 3. The lowest BCUT2D eigenvalue weighted by Gasteiger charge is -2.40.